The third-order valence-electron chi connectivity index (χ3n) is 4.49. The van der Waals surface area contributed by atoms with Crippen molar-refractivity contribution in [2.75, 3.05) is 6.54 Å². The summed E-state index contributed by atoms with van der Waals surface area (Å²) in [7, 11) is 0. The zero-order valence-electron chi connectivity index (χ0n) is 14.2. The summed E-state index contributed by atoms with van der Waals surface area (Å²) in [6.45, 7) is 6.61. The van der Waals surface area contributed by atoms with Crippen molar-refractivity contribution in [3.05, 3.63) is 16.1 Å². The molecule has 0 unspecified atom stereocenters. The number of nitrogens with one attached hydrogen (secondary N) is 1. The van der Waals surface area contributed by atoms with Crippen LogP contribution in [0, 0.1) is 12.3 Å². The van der Waals surface area contributed by atoms with Crippen molar-refractivity contribution in [2.45, 2.75) is 64.8 Å². The van der Waals surface area contributed by atoms with Gasteiger partial charge in [0.1, 0.15) is 5.01 Å². The molecule has 1 aliphatic rings. The molecule has 1 amide bonds. The molecule has 1 aromatic heterocycles. The van der Waals surface area contributed by atoms with Crippen LogP contribution in [-0.4, -0.2) is 17.4 Å². The summed E-state index contributed by atoms with van der Waals surface area (Å²) in [5.74, 6) is 0.0974. The molecular formula is C16H29Cl2N3OS. The molecule has 7 heteroatoms. The zero-order chi connectivity index (χ0) is 15.5. The molecule has 1 aliphatic carbocycles. The summed E-state index contributed by atoms with van der Waals surface area (Å²) in [5.41, 5.74) is 6.57. The van der Waals surface area contributed by atoms with Gasteiger partial charge in [0.25, 0.3) is 0 Å². The molecule has 0 radical (unpaired) electrons. The average Bonchev–Trinajstić information content (AvgIpc) is 2.86. The Morgan fingerprint density at radius 1 is 1.35 bits per heavy atom. The average molecular weight is 382 g/mol. The van der Waals surface area contributed by atoms with Gasteiger partial charge in [-0.3, -0.25) is 4.79 Å². The number of nitrogens with two attached hydrogens (primary N) is 1. The van der Waals surface area contributed by atoms with E-state index in [1.807, 2.05) is 26.2 Å². The lowest BCUT2D eigenvalue weighted by Crippen LogP contribution is -2.45. The maximum Gasteiger partial charge on any atom is 0.221 e. The number of rotatable bonds is 5. The lowest BCUT2D eigenvalue weighted by Gasteiger charge is -2.36. The Hall–Kier alpha value is -0.360. The zero-order valence-corrected chi connectivity index (χ0v) is 16.6. The molecule has 1 fully saturated rings. The minimum absolute atomic E-state index is 0. The molecule has 134 valence electrons. The van der Waals surface area contributed by atoms with E-state index in [1.165, 1.54) is 19.3 Å². The second-order valence-electron chi connectivity index (χ2n) is 6.91. The summed E-state index contributed by atoms with van der Waals surface area (Å²) in [5, 5.41) is 6.12. The Morgan fingerprint density at radius 2 is 1.96 bits per heavy atom. The Labute approximate surface area is 155 Å². The molecule has 3 N–H and O–H groups in total. The normalized spacial score (nSPS) is 16.9. The van der Waals surface area contributed by atoms with Gasteiger partial charge in [-0.25, -0.2) is 4.98 Å². The lowest BCUT2D eigenvalue weighted by atomic mass is 9.71. The van der Waals surface area contributed by atoms with Gasteiger partial charge >= 0.3 is 0 Å². The SMILES string of the molecule is Cc1csc(C(C)(C)NC(=O)CC2(CN)CCCCC2)n1.Cl.Cl. The Balaban J connectivity index is 0.00000242. The van der Waals surface area contributed by atoms with Gasteiger partial charge in [0, 0.05) is 17.5 Å². The van der Waals surface area contributed by atoms with Crippen molar-refractivity contribution in [1.82, 2.24) is 10.3 Å². The maximum absolute atomic E-state index is 12.5. The molecule has 0 bridgehead atoms. The third-order valence-corrected chi connectivity index (χ3v) is 5.77. The molecular weight excluding hydrogens is 353 g/mol. The van der Waals surface area contributed by atoms with Crippen LogP contribution in [0.25, 0.3) is 0 Å². The van der Waals surface area contributed by atoms with Crippen LogP contribution in [0.1, 0.15) is 63.1 Å². The van der Waals surface area contributed by atoms with E-state index in [1.54, 1.807) is 11.3 Å². The van der Waals surface area contributed by atoms with Gasteiger partial charge in [-0.05, 0) is 45.6 Å². The summed E-state index contributed by atoms with van der Waals surface area (Å²) >= 11 is 1.60. The Bertz CT molecular complexity index is 499. The standard InChI is InChI=1S/C16H27N3OS.2ClH/c1-12-10-21-14(18-12)15(2,3)19-13(20)9-16(11-17)7-5-4-6-8-16;;/h10H,4-9,11,17H2,1-3H3,(H,19,20);2*1H. The minimum atomic E-state index is -0.416. The van der Waals surface area contributed by atoms with Crippen molar-refractivity contribution in [1.29, 1.82) is 0 Å². The van der Waals surface area contributed by atoms with Gasteiger partial charge in [-0.1, -0.05) is 19.3 Å². The third kappa shape index (κ3) is 5.89. The molecule has 0 atom stereocenters. The van der Waals surface area contributed by atoms with Crippen molar-refractivity contribution in [2.24, 2.45) is 11.1 Å². The van der Waals surface area contributed by atoms with Crippen molar-refractivity contribution >= 4 is 42.1 Å². The van der Waals surface area contributed by atoms with Crippen molar-refractivity contribution in [3.8, 4) is 0 Å². The number of halogens is 2. The van der Waals surface area contributed by atoms with E-state index in [9.17, 15) is 4.79 Å². The van der Waals surface area contributed by atoms with E-state index >= 15 is 0 Å². The number of hydrogen-bond acceptors (Lipinski definition) is 4. The lowest BCUT2D eigenvalue weighted by molar-refractivity contribution is -0.125. The highest BCUT2D eigenvalue weighted by atomic mass is 35.5. The second kappa shape index (κ2) is 9.21. The first-order valence-corrected chi connectivity index (χ1v) is 8.69. The van der Waals surface area contributed by atoms with Crippen molar-refractivity contribution in [3.63, 3.8) is 0 Å². The number of carbonyl (C=O) groups excluding carboxylic acids is 1. The molecule has 0 aromatic carbocycles. The number of aryl methyl sites for hydroxylation is 1. The van der Waals surface area contributed by atoms with E-state index < -0.39 is 5.54 Å². The predicted molar refractivity (Wildman–Crippen MR) is 102 cm³/mol. The monoisotopic (exact) mass is 381 g/mol. The summed E-state index contributed by atoms with van der Waals surface area (Å²) < 4.78 is 0. The first-order chi connectivity index (χ1) is 9.87. The molecule has 0 aliphatic heterocycles. The van der Waals surface area contributed by atoms with E-state index in [-0.39, 0.29) is 36.1 Å². The fourth-order valence-electron chi connectivity index (χ4n) is 3.18. The fraction of sp³-hybridized carbons (Fsp3) is 0.750. The van der Waals surface area contributed by atoms with Crippen LogP contribution in [0.2, 0.25) is 0 Å². The molecule has 0 spiro atoms. The number of nitrogens with zero attached hydrogens (tertiary/aromatic N) is 1. The molecule has 1 aromatic rings. The summed E-state index contributed by atoms with van der Waals surface area (Å²) in [6, 6.07) is 0. The van der Waals surface area contributed by atoms with Crippen LogP contribution < -0.4 is 11.1 Å². The van der Waals surface area contributed by atoms with Gasteiger partial charge in [0.05, 0.1) is 5.54 Å². The highest BCUT2D eigenvalue weighted by Crippen LogP contribution is 2.38. The van der Waals surface area contributed by atoms with E-state index in [0.29, 0.717) is 13.0 Å². The Morgan fingerprint density at radius 3 is 2.43 bits per heavy atom. The fourth-order valence-corrected chi connectivity index (χ4v) is 4.06. The topological polar surface area (TPSA) is 68.0 Å². The maximum atomic E-state index is 12.5. The van der Waals surface area contributed by atoms with Gasteiger partial charge in [0.2, 0.25) is 5.91 Å². The van der Waals surface area contributed by atoms with Crippen LogP contribution in [-0.2, 0) is 10.3 Å². The quantitative estimate of drug-likeness (QED) is 0.810. The molecule has 4 nitrogen and oxygen atoms in total. The minimum Gasteiger partial charge on any atom is -0.345 e. The number of thiazole rings is 1. The van der Waals surface area contributed by atoms with Crippen LogP contribution in [0.15, 0.2) is 5.38 Å². The highest BCUT2D eigenvalue weighted by molar-refractivity contribution is 7.09. The van der Waals surface area contributed by atoms with Crippen molar-refractivity contribution < 1.29 is 4.79 Å². The summed E-state index contributed by atoms with van der Waals surface area (Å²) in [6.07, 6.45) is 6.35. The van der Waals surface area contributed by atoms with E-state index in [0.717, 1.165) is 23.5 Å². The second-order valence-corrected chi connectivity index (χ2v) is 7.77. The molecule has 0 saturated heterocycles. The molecule has 1 heterocycles. The Kier molecular flexibility index (Phi) is 9.06. The smallest absolute Gasteiger partial charge is 0.221 e. The number of aromatic nitrogens is 1. The largest absolute Gasteiger partial charge is 0.345 e. The van der Waals surface area contributed by atoms with E-state index in [2.05, 4.69) is 10.3 Å². The number of amides is 1. The highest BCUT2D eigenvalue weighted by Gasteiger charge is 2.35. The van der Waals surface area contributed by atoms with Crippen LogP contribution in [0.4, 0.5) is 0 Å². The van der Waals surface area contributed by atoms with Crippen LogP contribution in [0.5, 0.6) is 0 Å². The van der Waals surface area contributed by atoms with Crippen LogP contribution in [0.3, 0.4) is 0 Å². The van der Waals surface area contributed by atoms with Gasteiger partial charge in [-0.15, -0.1) is 36.2 Å². The number of carbonyl (C=O) groups is 1. The molecule has 1 saturated carbocycles. The first-order valence-electron chi connectivity index (χ1n) is 7.81. The van der Waals surface area contributed by atoms with E-state index in [4.69, 9.17) is 5.73 Å². The molecule has 2 rings (SSSR count). The van der Waals surface area contributed by atoms with Gasteiger partial charge in [0.15, 0.2) is 0 Å². The van der Waals surface area contributed by atoms with Gasteiger partial charge < -0.3 is 11.1 Å². The first kappa shape index (κ1) is 22.6. The van der Waals surface area contributed by atoms with Gasteiger partial charge in [-0.2, -0.15) is 0 Å². The molecule has 23 heavy (non-hydrogen) atoms. The van der Waals surface area contributed by atoms with Crippen LogP contribution >= 0.6 is 36.2 Å². The predicted octanol–water partition coefficient (Wildman–Crippen LogP) is 3.95. The number of hydrogen-bond donors (Lipinski definition) is 2. The summed E-state index contributed by atoms with van der Waals surface area (Å²) in [4.78, 5) is 17.0.